The number of hydrogen-bond donors (Lipinski definition) is 1. The van der Waals surface area contributed by atoms with Gasteiger partial charge in [0.05, 0.1) is 12.8 Å². The number of ether oxygens (including phenoxy) is 1. The number of hydrogen-bond acceptors (Lipinski definition) is 4. The molecule has 0 aliphatic carbocycles. The number of anilines is 1. The summed E-state index contributed by atoms with van der Waals surface area (Å²) >= 11 is 0. The van der Waals surface area contributed by atoms with Crippen molar-refractivity contribution >= 4 is 11.6 Å². The van der Waals surface area contributed by atoms with Crippen molar-refractivity contribution in [3.63, 3.8) is 0 Å². The van der Waals surface area contributed by atoms with E-state index in [2.05, 4.69) is 15.4 Å². The number of aromatic nitrogens is 3. The molecule has 0 unspecified atom stereocenters. The van der Waals surface area contributed by atoms with Gasteiger partial charge >= 0.3 is 0 Å². The predicted molar refractivity (Wildman–Crippen MR) is 117 cm³/mol. The lowest BCUT2D eigenvalue weighted by Gasteiger charge is -2.07. The van der Waals surface area contributed by atoms with Crippen molar-refractivity contribution < 1.29 is 9.53 Å². The second kappa shape index (κ2) is 8.21. The number of methoxy groups -OCH3 is 1. The first-order valence-electron chi connectivity index (χ1n) is 9.60. The Hall–Kier alpha value is -3.93. The highest BCUT2D eigenvalue weighted by Gasteiger charge is 2.19. The van der Waals surface area contributed by atoms with Crippen LogP contribution in [0.4, 0.5) is 5.69 Å². The van der Waals surface area contributed by atoms with E-state index < -0.39 is 0 Å². The third kappa shape index (κ3) is 3.93. The molecule has 0 radical (unpaired) electrons. The van der Waals surface area contributed by atoms with Gasteiger partial charge in [-0.15, -0.1) is 5.10 Å². The summed E-state index contributed by atoms with van der Waals surface area (Å²) in [5.74, 6) is 1.09. The molecule has 4 rings (SSSR count). The number of para-hydroxylation sites is 1. The van der Waals surface area contributed by atoms with Crippen molar-refractivity contribution in [2.24, 2.45) is 0 Å². The van der Waals surface area contributed by atoms with Gasteiger partial charge in [0.15, 0.2) is 5.82 Å². The molecule has 1 heterocycles. The second-order valence-corrected chi connectivity index (χ2v) is 7.01. The molecule has 0 spiro atoms. The Morgan fingerprint density at radius 2 is 1.73 bits per heavy atom. The molecule has 30 heavy (non-hydrogen) atoms. The highest BCUT2D eigenvalue weighted by Crippen LogP contribution is 2.24. The van der Waals surface area contributed by atoms with E-state index >= 15 is 0 Å². The largest absolute Gasteiger partial charge is 0.497 e. The van der Waals surface area contributed by atoms with Gasteiger partial charge in [-0.2, -0.15) is 0 Å². The highest BCUT2D eigenvalue weighted by molar-refractivity contribution is 6.02. The maximum absolute atomic E-state index is 12.9. The molecule has 6 nitrogen and oxygen atoms in total. The summed E-state index contributed by atoms with van der Waals surface area (Å²) < 4.78 is 6.93. The van der Waals surface area contributed by atoms with Crippen molar-refractivity contribution in [2.75, 3.05) is 12.4 Å². The molecule has 0 saturated carbocycles. The molecule has 0 aliphatic rings. The number of benzene rings is 3. The summed E-state index contributed by atoms with van der Waals surface area (Å²) in [6.45, 7) is 3.96. The molecule has 150 valence electrons. The minimum absolute atomic E-state index is 0.102. The van der Waals surface area contributed by atoms with Crippen LogP contribution in [0.2, 0.25) is 0 Å². The number of aryl methyl sites for hydroxylation is 2. The van der Waals surface area contributed by atoms with Crippen LogP contribution in [0.1, 0.15) is 21.7 Å². The van der Waals surface area contributed by atoms with Gasteiger partial charge in [0.1, 0.15) is 5.75 Å². The Morgan fingerprint density at radius 3 is 2.43 bits per heavy atom. The van der Waals surface area contributed by atoms with Gasteiger partial charge in [-0.05, 0) is 55.8 Å². The van der Waals surface area contributed by atoms with E-state index in [1.165, 1.54) is 0 Å². The lowest BCUT2D eigenvalue weighted by Crippen LogP contribution is -2.15. The van der Waals surface area contributed by atoms with Gasteiger partial charge in [-0.25, -0.2) is 9.67 Å². The van der Waals surface area contributed by atoms with Crippen LogP contribution in [0.25, 0.3) is 17.1 Å². The van der Waals surface area contributed by atoms with Gasteiger partial charge in [0, 0.05) is 11.3 Å². The fourth-order valence-corrected chi connectivity index (χ4v) is 3.17. The van der Waals surface area contributed by atoms with Crippen molar-refractivity contribution in [1.82, 2.24) is 14.8 Å². The Labute approximate surface area is 175 Å². The molecule has 0 aliphatic heterocycles. The molecule has 0 saturated heterocycles. The first-order chi connectivity index (χ1) is 14.5. The normalized spacial score (nSPS) is 10.6. The minimum Gasteiger partial charge on any atom is -0.497 e. The van der Waals surface area contributed by atoms with Crippen LogP contribution in [-0.2, 0) is 0 Å². The van der Waals surface area contributed by atoms with Crippen molar-refractivity contribution in [1.29, 1.82) is 0 Å². The number of nitrogens with one attached hydrogen (secondary N) is 1. The number of carbonyl (C=O) groups excluding carboxylic acids is 1. The van der Waals surface area contributed by atoms with Gasteiger partial charge in [0.25, 0.3) is 5.91 Å². The topological polar surface area (TPSA) is 69.0 Å². The molecule has 1 amide bonds. The quantitative estimate of drug-likeness (QED) is 0.524. The summed E-state index contributed by atoms with van der Waals surface area (Å²) in [6.07, 6.45) is 0. The second-order valence-electron chi connectivity index (χ2n) is 7.01. The third-order valence-electron chi connectivity index (χ3n) is 4.80. The molecule has 1 aromatic heterocycles. The van der Waals surface area contributed by atoms with E-state index in [4.69, 9.17) is 4.74 Å². The Morgan fingerprint density at radius 1 is 0.967 bits per heavy atom. The van der Waals surface area contributed by atoms with Gasteiger partial charge in [0.2, 0.25) is 5.82 Å². The standard InChI is InChI=1S/C24H22N4O2/c1-16-7-6-9-18(15-16)23-26-22(24(29)25-21-10-5-4-8-17(21)2)27-28(23)19-11-13-20(30-3)14-12-19/h4-15H,1-3H3,(H,25,29). The van der Waals surface area contributed by atoms with Gasteiger partial charge in [-0.3, -0.25) is 4.79 Å². The van der Waals surface area contributed by atoms with E-state index in [-0.39, 0.29) is 11.7 Å². The lowest BCUT2D eigenvalue weighted by atomic mass is 10.1. The van der Waals surface area contributed by atoms with Gasteiger partial charge < -0.3 is 10.1 Å². The van der Waals surface area contributed by atoms with Crippen LogP contribution >= 0.6 is 0 Å². The molecule has 3 aromatic carbocycles. The summed E-state index contributed by atoms with van der Waals surface area (Å²) in [5.41, 5.74) is 4.48. The Kier molecular flexibility index (Phi) is 5.30. The number of nitrogens with zero attached hydrogens (tertiary/aromatic N) is 3. The van der Waals surface area contributed by atoms with E-state index in [9.17, 15) is 4.79 Å². The smallest absolute Gasteiger partial charge is 0.295 e. The van der Waals surface area contributed by atoms with Crippen molar-refractivity contribution in [3.05, 3.63) is 89.7 Å². The zero-order chi connectivity index (χ0) is 21.1. The van der Waals surface area contributed by atoms with Crippen LogP contribution in [0.5, 0.6) is 5.75 Å². The molecule has 0 fully saturated rings. The SMILES string of the molecule is COc1ccc(-n2nc(C(=O)Nc3ccccc3C)nc2-c2cccc(C)c2)cc1. The average molecular weight is 398 g/mol. The molecule has 0 bridgehead atoms. The first-order valence-corrected chi connectivity index (χ1v) is 9.60. The minimum atomic E-state index is -0.356. The van der Waals surface area contributed by atoms with Crippen LogP contribution in [-0.4, -0.2) is 27.8 Å². The monoisotopic (exact) mass is 398 g/mol. The van der Waals surface area contributed by atoms with E-state index in [1.807, 2.05) is 86.6 Å². The summed E-state index contributed by atoms with van der Waals surface area (Å²) in [7, 11) is 1.62. The van der Waals surface area contributed by atoms with E-state index in [0.29, 0.717) is 5.82 Å². The van der Waals surface area contributed by atoms with Crippen molar-refractivity contribution in [2.45, 2.75) is 13.8 Å². The Bertz CT molecular complexity index is 1200. The molecule has 6 heteroatoms. The molecular weight excluding hydrogens is 376 g/mol. The summed E-state index contributed by atoms with van der Waals surface area (Å²) in [5, 5.41) is 7.42. The third-order valence-corrected chi connectivity index (χ3v) is 4.80. The molecule has 0 atom stereocenters. The predicted octanol–water partition coefficient (Wildman–Crippen LogP) is 4.81. The van der Waals surface area contributed by atoms with Crippen LogP contribution in [0, 0.1) is 13.8 Å². The maximum Gasteiger partial charge on any atom is 0.295 e. The first kappa shape index (κ1) is 19.4. The van der Waals surface area contributed by atoms with Gasteiger partial charge in [-0.1, -0.05) is 42.0 Å². The lowest BCUT2D eigenvalue weighted by molar-refractivity contribution is 0.101. The molecule has 4 aromatic rings. The fraction of sp³-hybridized carbons (Fsp3) is 0.125. The zero-order valence-electron chi connectivity index (χ0n) is 17.1. The van der Waals surface area contributed by atoms with Crippen molar-refractivity contribution in [3.8, 4) is 22.8 Å². The maximum atomic E-state index is 12.9. The number of carbonyl (C=O) groups is 1. The summed E-state index contributed by atoms with van der Waals surface area (Å²) in [6, 6.07) is 23.0. The van der Waals surface area contributed by atoms with Crippen LogP contribution in [0.15, 0.2) is 72.8 Å². The van der Waals surface area contributed by atoms with Crippen LogP contribution in [0.3, 0.4) is 0 Å². The zero-order valence-corrected chi connectivity index (χ0v) is 17.1. The number of amides is 1. The van der Waals surface area contributed by atoms with E-state index in [0.717, 1.165) is 33.8 Å². The molecule has 1 N–H and O–H groups in total. The number of rotatable bonds is 5. The summed E-state index contributed by atoms with van der Waals surface area (Å²) in [4.78, 5) is 17.5. The fourth-order valence-electron chi connectivity index (χ4n) is 3.17. The average Bonchev–Trinajstić information content (AvgIpc) is 3.21. The van der Waals surface area contributed by atoms with Crippen LogP contribution < -0.4 is 10.1 Å². The molecular formula is C24H22N4O2. The Balaban J connectivity index is 1.77. The van der Waals surface area contributed by atoms with E-state index in [1.54, 1.807) is 11.8 Å². The highest BCUT2D eigenvalue weighted by atomic mass is 16.5.